The average Bonchev–Trinajstić information content (AvgIpc) is 2.61. The maximum Gasteiger partial charge on any atom is 0.125 e. The monoisotopic (exact) mass is 375 g/mol. The van der Waals surface area contributed by atoms with Crippen LogP contribution in [0.5, 0.6) is 0 Å². The molecule has 0 fully saturated rings. The van der Waals surface area contributed by atoms with Crippen molar-refractivity contribution in [3.63, 3.8) is 0 Å². The molecule has 0 spiro atoms. The number of halogens is 2. The predicted molar refractivity (Wildman–Crippen MR) is 84.8 cm³/mol. The fourth-order valence-corrected chi connectivity index (χ4v) is 2.74. The number of nitrogens with two attached hydrogens (primary N) is 1. The summed E-state index contributed by atoms with van der Waals surface area (Å²) in [6.07, 6.45) is 1.97. The van der Waals surface area contributed by atoms with Gasteiger partial charge in [0.2, 0.25) is 0 Å². The van der Waals surface area contributed by atoms with Crippen LogP contribution in [0.4, 0.5) is 5.82 Å². The number of nitrogen functional groups attached to an aromatic ring is 1. The first-order chi connectivity index (χ1) is 8.54. The second-order valence-electron chi connectivity index (χ2n) is 4.21. The molecule has 0 aliphatic carbocycles. The van der Waals surface area contributed by atoms with Gasteiger partial charge in [-0.15, -0.1) is 0 Å². The highest BCUT2D eigenvalue weighted by molar-refractivity contribution is 14.1. The number of anilines is 1. The molecule has 0 bridgehead atoms. The number of aryl methyl sites for hydroxylation is 1. The SMILES string of the molecule is CCCc1c(-c2cc(Cl)ccc2I)nn(C)c1N. The molecule has 5 heteroatoms. The molecule has 2 N–H and O–H groups in total. The van der Waals surface area contributed by atoms with Crippen LogP contribution in [0.3, 0.4) is 0 Å². The fourth-order valence-electron chi connectivity index (χ4n) is 1.97. The van der Waals surface area contributed by atoms with Crippen molar-refractivity contribution in [1.29, 1.82) is 0 Å². The van der Waals surface area contributed by atoms with Gasteiger partial charge in [0, 0.05) is 26.8 Å². The molecule has 0 saturated heterocycles. The van der Waals surface area contributed by atoms with E-state index < -0.39 is 0 Å². The summed E-state index contributed by atoms with van der Waals surface area (Å²) in [4.78, 5) is 0. The van der Waals surface area contributed by atoms with E-state index in [1.165, 1.54) is 0 Å². The highest BCUT2D eigenvalue weighted by atomic mass is 127. The first-order valence-electron chi connectivity index (χ1n) is 5.81. The molecule has 0 radical (unpaired) electrons. The van der Waals surface area contributed by atoms with Crippen molar-refractivity contribution < 1.29 is 0 Å². The normalized spacial score (nSPS) is 10.9. The summed E-state index contributed by atoms with van der Waals surface area (Å²) in [6, 6.07) is 5.84. The van der Waals surface area contributed by atoms with Crippen molar-refractivity contribution in [3.8, 4) is 11.3 Å². The minimum Gasteiger partial charge on any atom is -0.384 e. The van der Waals surface area contributed by atoms with Crippen molar-refractivity contribution in [3.05, 3.63) is 32.4 Å². The summed E-state index contributed by atoms with van der Waals surface area (Å²) >= 11 is 8.37. The summed E-state index contributed by atoms with van der Waals surface area (Å²) in [5.74, 6) is 0.739. The Morgan fingerprint density at radius 2 is 2.17 bits per heavy atom. The topological polar surface area (TPSA) is 43.8 Å². The lowest BCUT2D eigenvalue weighted by molar-refractivity contribution is 0.781. The molecule has 96 valence electrons. The maximum absolute atomic E-state index is 6.08. The second-order valence-corrected chi connectivity index (χ2v) is 5.81. The molecule has 0 amide bonds. The van der Waals surface area contributed by atoms with E-state index in [0.717, 1.165) is 44.1 Å². The smallest absolute Gasteiger partial charge is 0.125 e. The minimum atomic E-state index is 0.720. The van der Waals surface area contributed by atoms with Crippen molar-refractivity contribution >= 4 is 40.0 Å². The zero-order valence-electron chi connectivity index (χ0n) is 10.4. The van der Waals surface area contributed by atoms with Crippen molar-refractivity contribution in [1.82, 2.24) is 9.78 Å². The first-order valence-corrected chi connectivity index (χ1v) is 7.27. The van der Waals surface area contributed by atoms with Gasteiger partial charge in [0.25, 0.3) is 0 Å². The Labute approximate surface area is 125 Å². The third kappa shape index (κ3) is 2.49. The number of aromatic nitrogens is 2. The molecule has 2 aromatic rings. The summed E-state index contributed by atoms with van der Waals surface area (Å²) in [6.45, 7) is 2.14. The molecular formula is C13H15ClIN3. The van der Waals surface area contributed by atoms with Gasteiger partial charge in [-0.2, -0.15) is 5.10 Å². The van der Waals surface area contributed by atoms with Gasteiger partial charge >= 0.3 is 0 Å². The Hall–Kier alpha value is -0.750. The zero-order chi connectivity index (χ0) is 13.3. The molecular weight excluding hydrogens is 361 g/mol. The Kier molecular flexibility index (Phi) is 4.17. The molecule has 0 atom stereocenters. The third-order valence-electron chi connectivity index (χ3n) is 2.88. The largest absolute Gasteiger partial charge is 0.384 e. The van der Waals surface area contributed by atoms with Crippen LogP contribution in [0.15, 0.2) is 18.2 Å². The highest BCUT2D eigenvalue weighted by Crippen LogP contribution is 2.32. The van der Waals surface area contributed by atoms with Gasteiger partial charge in [-0.05, 0) is 47.2 Å². The third-order valence-corrected chi connectivity index (χ3v) is 4.05. The molecule has 0 saturated carbocycles. The Morgan fingerprint density at radius 1 is 1.44 bits per heavy atom. The van der Waals surface area contributed by atoms with E-state index in [1.54, 1.807) is 4.68 Å². The molecule has 1 aromatic carbocycles. The van der Waals surface area contributed by atoms with Crippen LogP contribution in [0.25, 0.3) is 11.3 Å². The summed E-state index contributed by atoms with van der Waals surface area (Å²) < 4.78 is 2.87. The van der Waals surface area contributed by atoms with Gasteiger partial charge in [0.15, 0.2) is 0 Å². The molecule has 0 aliphatic rings. The van der Waals surface area contributed by atoms with Crippen LogP contribution in [0, 0.1) is 3.57 Å². The molecule has 0 unspecified atom stereocenters. The number of nitrogens with zero attached hydrogens (tertiary/aromatic N) is 2. The van der Waals surface area contributed by atoms with E-state index >= 15 is 0 Å². The van der Waals surface area contributed by atoms with E-state index in [0.29, 0.717) is 0 Å². The van der Waals surface area contributed by atoms with Gasteiger partial charge in [-0.25, -0.2) is 0 Å². The van der Waals surface area contributed by atoms with Crippen molar-refractivity contribution in [2.75, 3.05) is 5.73 Å². The quantitative estimate of drug-likeness (QED) is 0.827. The lowest BCUT2D eigenvalue weighted by atomic mass is 10.0. The number of rotatable bonds is 3. The first kappa shape index (κ1) is 13.7. The van der Waals surface area contributed by atoms with E-state index in [2.05, 4.69) is 34.6 Å². The highest BCUT2D eigenvalue weighted by Gasteiger charge is 2.16. The van der Waals surface area contributed by atoms with Crippen molar-refractivity contribution in [2.24, 2.45) is 7.05 Å². The number of hydrogen-bond acceptors (Lipinski definition) is 2. The van der Waals surface area contributed by atoms with E-state index in [4.69, 9.17) is 17.3 Å². The Morgan fingerprint density at radius 3 is 2.83 bits per heavy atom. The van der Waals surface area contributed by atoms with Gasteiger partial charge < -0.3 is 5.73 Å². The molecule has 1 aromatic heterocycles. The molecule has 1 heterocycles. The van der Waals surface area contributed by atoms with E-state index in [1.807, 2.05) is 25.2 Å². The zero-order valence-corrected chi connectivity index (χ0v) is 13.3. The van der Waals surface area contributed by atoms with Crippen LogP contribution >= 0.6 is 34.2 Å². The van der Waals surface area contributed by atoms with Crippen LogP contribution < -0.4 is 5.73 Å². The van der Waals surface area contributed by atoms with Gasteiger partial charge in [0.1, 0.15) is 5.82 Å². The molecule has 0 aliphatic heterocycles. The van der Waals surface area contributed by atoms with Gasteiger partial charge in [-0.3, -0.25) is 4.68 Å². The molecule has 2 rings (SSSR count). The summed E-state index contributed by atoms with van der Waals surface area (Å²) in [5, 5.41) is 5.25. The predicted octanol–water partition coefficient (Wildman–Crippen LogP) is 3.88. The second kappa shape index (κ2) is 5.48. The minimum absolute atomic E-state index is 0.720. The lowest BCUT2D eigenvalue weighted by Gasteiger charge is -2.05. The summed E-state index contributed by atoms with van der Waals surface area (Å²) in [7, 11) is 1.87. The van der Waals surface area contributed by atoms with Crippen LogP contribution in [-0.4, -0.2) is 9.78 Å². The van der Waals surface area contributed by atoms with Gasteiger partial charge in [0.05, 0.1) is 5.69 Å². The summed E-state index contributed by atoms with van der Waals surface area (Å²) in [5.41, 5.74) is 9.19. The maximum atomic E-state index is 6.08. The lowest BCUT2D eigenvalue weighted by Crippen LogP contribution is -1.99. The van der Waals surface area contributed by atoms with Crippen LogP contribution in [0.1, 0.15) is 18.9 Å². The van der Waals surface area contributed by atoms with E-state index in [-0.39, 0.29) is 0 Å². The number of benzene rings is 1. The van der Waals surface area contributed by atoms with E-state index in [9.17, 15) is 0 Å². The fraction of sp³-hybridized carbons (Fsp3) is 0.308. The standard InChI is InChI=1S/C13H15ClIN3/c1-3-4-9-12(17-18(2)13(9)16)10-7-8(14)5-6-11(10)15/h5-7H,3-4,16H2,1-2H3. The number of hydrogen-bond donors (Lipinski definition) is 1. The molecule has 18 heavy (non-hydrogen) atoms. The Bertz CT molecular complexity index is 578. The van der Waals surface area contributed by atoms with Crippen LogP contribution in [-0.2, 0) is 13.5 Å². The Balaban J connectivity index is 2.63. The average molecular weight is 376 g/mol. The van der Waals surface area contributed by atoms with Crippen LogP contribution in [0.2, 0.25) is 5.02 Å². The molecule has 3 nitrogen and oxygen atoms in total. The van der Waals surface area contributed by atoms with Crippen molar-refractivity contribution in [2.45, 2.75) is 19.8 Å². The van der Waals surface area contributed by atoms with Gasteiger partial charge in [-0.1, -0.05) is 24.9 Å².